The molecule has 0 radical (unpaired) electrons. The number of esters is 1. The van der Waals surface area contributed by atoms with Crippen molar-refractivity contribution in [2.24, 2.45) is 5.41 Å². The molecule has 3 rings (SSSR count). The number of anilines is 1. The van der Waals surface area contributed by atoms with Crippen LogP contribution in [0.1, 0.15) is 55.1 Å². The number of carbonyl (C=O) groups is 4. The third-order valence-electron chi connectivity index (χ3n) is 5.52. The van der Waals surface area contributed by atoms with Gasteiger partial charge >= 0.3 is 5.97 Å². The van der Waals surface area contributed by atoms with Crippen LogP contribution in [0.25, 0.3) is 0 Å². The summed E-state index contributed by atoms with van der Waals surface area (Å²) in [6.45, 7) is 8.12. The van der Waals surface area contributed by atoms with Gasteiger partial charge in [-0.3, -0.25) is 14.4 Å². The van der Waals surface area contributed by atoms with Crippen LogP contribution in [0.15, 0.2) is 48.5 Å². The van der Waals surface area contributed by atoms with E-state index in [9.17, 15) is 19.2 Å². The number of carbonyl (C=O) groups excluding carboxylic acids is 4. The molecule has 0 N–H and O–H groups in total. The minimum Gasteiger partial charge on any atom is -0.465 e. The Kier molecular flexibility index (Phi) is 7.01. The van der Waals surface area contributed by atoms with E-state index in [1.165, 1.54) is 36.3 Å². The number of aryl methyl sites for hydroxylation is 1. The van der Waals surface area contributed by atoms with Crippen molar-refractivity contribution in [1.82, 2.24) is 4.90 Å². The number of amides is 3. The van der Waals surface area contributed by atoms with Crippen LogP contribution in [0.4, 0.5) is 5.69 Å². The lowest BCUT2D eigenvalue weighted by Crippen LogP contribution is -2.46. The SMILES string of the molecule is COC(=O)c1ccc(N2C(=O)CC(N(Cc3ccc(C)cc3)C(=O)CC(C)(C)C)C2=O)cc1. The van der Waals surface area contributed by atoms with Crippen LogP contribution in [-0.4, -0.2) is 41.7 Å². The molecule has 1 heterocycles. The predicted molar refractivity (Wildman–Crippen MR) is 124 cm³/mol. The van der Waals surface area contributed by atoms with Crippen molar-refractivity contribution in [3.63, 3.8) is 0 Å². The molecular formula is C26H30N2O5. The maximum absolute atomic E-state index is 13.4. The number of rotatable bonds is 6. The minimum absolute atomic E-state index is 0.0840. The lowest BCUT2D eigenvalue weighted by Gasteiger charge is -2.30. The molecule has 1 fully saturated rings. The molecule has 1 unspecified atom stereocenters. The fourth-order valence-electron chi connectivity index (χ4n) is 3.81. The zero-order valence-electron chi connectivity index (χ0n) is 19.8. The molecule has 1 aliphatic heterocycles. The van der Waals surface area contributed by atoms with Gasteiger partial charge in [-0.25, -0.2) is 9.69 Å². The van der Waals surface area contributed by atoms with Gasteiger partial charge in [0.15, 0.2) is 0 Å². The van der Waals surface area contributed by atoms with Crippen LogP contribution in [0.2, 0.25) is 0 Å². The first-order chi connectivity index (χ1) is 15.5. The standard InChI is InChI=1S/C26H30N2O5/c1-17-6-8-18(9-7-17)16-27(23(30)15-26(2,3)4)21-14-22(29)28(24(21)31)20-12-10-19(11-13-20)25(32)33-5/h6-13,21H,14-16H2,1-5H3. The number of nitrogens with zero attached hydrogens (tertiary/aromatic N) is 2. The number of ether oxygens (including phenoxy) is 1. The highest BCUT2D eigenvalue weighted by molar-refractivity contribution is 6.23. The first-order valence-electron chi connectivity index (χ1n) is 10.9. The third kappa shape index (κ3) is 5.66. The Bertz CT molecular complexity index is 1050. The molecule has 174 valence electrons. The Balaban J connectivity index is 1.89. The summed E-state index contributed by atoms with van der Waals surface area (Å²) in [5.41, 5.74) is 2.40. The second kappa shape index (κ2) is 9.57. The summed E-state index contributed by atoms with van der Waals surface area (Å²) < 4.78 is 4.69. The van der Waals surface area contributed by atoms with Gasteiger partial charge in [0.05, 0.1) is 24.8 Å². The van der Waals surface area contributed by atoms with Crippen LogP contribution >= 0.6 is 0 Å². The van der Waals surface area contributed by atoms with Crippen molar-refractivity contribution in [2.75, 3.05) is 12.0 Å². The molecule has 0 spiro atoms. The number of imide groups is 1. The molecule has 7 nitrogen and oxygen atoms in total. The summed E-state index contributed by atoms with van der Waals surface area (Å²) in [4.78, 5) is 53.8. The topological polar surface area (TPSA) is 84.0 Å². The Morgan fingerprint density at radius 2 is 1.64 bits per heavy atom. The van der Waals surface area contributed by atoms with Crippen molar-refractivity contribution >= 4 is 29.4 Å². The molecule has 7 heteroatoms. The fourth-order valence-corrected chi connectivity index (χ4v) is 3.81. The second-order valence-corrected chi connectivity index (χ2v) is 9.57. The summed E-state index contributed by atoms with van der Waals surface area (Å²) >= 11 is 0. The van der Waals surface area contributed by atoms with Crippen molar-refractivity contribution < 1.29 is 23.9 Å². The average molecular weight is 451 g/mol. The largest absolute Gasteiger partial charge is 0.465 e. The summed E-state index contributed by atoms with van der Waals surface area (Å²) in [5.74, 6) is -1.50. The van der Waals surface area contributed by atoms with Crippen LogP contribution < -0.4 is 4.90 Å². The summed E-state index contributed by atoms with van der Waals surface area (Å²) in [7, 11) is 1.28. The van der Waals surface area contributed by atoms with E-state index >= 15 is 0 Å². The Labute approximate surface area is 194 Å². The summed E-state index contributed by atoms with van der Waals surface area (Å²) in [6, 6.07) is 13.0. The van der Waals surface area contributed by atoms with Gasteiger partial charge in [-0.1, -0.05) is 50.6 Å². The van der Waals surface area contributed by atoms with Gasteiger partial charge < -0.3 is 9.64 Å². The van der Waals surface area contributed by atoms with Crippen LogP contribution in [0, 0.1) is 12.3 Å². The first-order valence-corrected chi connectivity index (χ1v) is 10.9. The third-order valence-corrected chi connectivity index (χ3v) is 5.52. The average Bonchev–Trinajstić information content (AvgIpc) is 3.05. The fraction of sp³-hybridized carbons (Fsp3) is 0.385. The van der Waals surface area contributed by atoms with Crippen molar-refractivity contribution in [1.29, 1.82) is 0 Å². The van der Waals surface area contributed by atoms with Gasteiger partial charge in [-0.05, 0) is 42.2 Å². The van der Waals surface area contributed by atoms with Crippen molar-refractivity contribution in [3.8, 4) is 0 Å². The van der Waals surface area contributed by atoms with Crippen LogP contribution in [0.3, 0.4) is 0 Å². The minimum atomic E-state index is -0.881. The number of hydrogen-bond donors (Lipinski definition) is 0. The van der Waals surface area contributed by atoms with Crippen molar-refractivity contribution in [3.05, 3.63) is 65.2 Å². The summed E-state index contributed by atoms with van der Waals surface area (Å²) in [6.07, 6.45) is 0.171. The maximum Gasteiger partial charge on any atom is 0.337 e. The molecule has 2 aromatic carbocycles. The van der Waals surface area contributed by atoms with E-state index in [1.54, 1.807) is 0 Å². The molecule has 1 aliphatic rings. The second-order valence-electron chi connectivity index (χ2n) is 9.57. The highest BCUT2D eigenvalue weighted by Crippen LogP contribution is 2.29. The number of hydrogen-bond acceptors (Lipinski definition) is 5. The van der Waals surface area contributed by atoms with E-state index in [0.717, 1.165) is 16.0 Å². The predicted octanol–water partition coefficient (Wildman–Crippen LogP) is 3.88. The Hall–Kier alpha value is -3.48. The quantitative estimate of drug-likeness (QED) is 0.493. The van der Waals surface area contributed by atoms with E-state index < -0.39 is 17.9 Å². The first kappa shape index (κ1) is 24.2. The molecule has 0 aliphatic carbocycles. The van der Waals surface area contributed by atoms with Gasteiger partial charge in [0.1, 0.15) is 6.04 Å². The molecule has 2 aromatic rings. The van der Waals surface area contributed by atoms with E-state index in [1.807, 2.05) is 52.0 Å². The Morgan fingerprint density at radius 3 is 2.18 bits per heavy atom. The lowest BCUT2D eigenvalue weighted by atomic mass is 9.91. The molecule has 0 bridgehead atoms. The summed E-state index contributed by atoms with van der Waals surface area (Å²) in [5, 5.41) is 0. The van der Waals surface area contributed by atoms with Gasteiger partial charge in [-0.15, -0.1) is 0 Å². The molecule has 1 atom stereocenters. The van der Waals surface area contributed by atoms with Crippen LogP contribution in [0.5, 0.6) is 0 Å². The maximum atomic E-state index is 13.4. The highest BCUT2D eigenvalue weighted by atomic mass is 16.5. The molecule has 0 aromatic heterocycles. The van der Waals surface area contributed by atoms with Crippen LogP contribution in [-0.2, 0) is 25.7 Å². The molecular weight excluding hydrogens is 420 g/mol. The lowest BCUT2D eigenvalue weighted by molar-refractivity contribution is -0.140. The van der Waals surface area contributed by atoms with Gasteiger partial charge in [0, 0.05) is 13.0 Å². The normalized spacial score (nSPS) is 16.2. The highest BCUT2D eigenvalue weighted by Gasteiger charge is 2.44. The van der Waals surface area contributed by atoms with E-state index in [-0.39, 0.29) is 36.6 Å². The molecule has 1 saturated heterocycles. The Morgan fingerprint density at radius 1 is 1.03 bits per heavy atom. The number of methoxy groups -OCH3 is 1. The number of benzene rings is 2. The zero-order chi connectivity index (χ0) is 24.3. The van der Waals surface area contributed by atoms with Gasteiger partial charge in [0.2, 0.25) is 11.8 Å². The molecule has 0 saturated carbocycles. The van der Waals surface area contributed by atoms with Gasteiger partial charge in [-0.2, -0.15) is 0 Å². The van der Waals surface area contributed by atoms with E-state index in [2.05, 4.69) is 0 Å². The van der Waals surface area contributed by atoms with E-state index in [4.69, 9.17) is 4.74 Å². The van der Waals surface area contributed by atoms with Crippen molar-refractivity contribution in [2.45, 2.75) is 53.1 Å². The molecule has 3 amide bonds. The van der Waals surface area contributed by atoms with E-state index in [0.29, 0.717) is 11.3 Å². The zero-order valence-corrected chi connectivity index (χ0v) is 19.8. The van der Waals surface area contributed by atoms with Gasteiger partial charge in [0.25, 0.3) is 5.91 Å². The monoisotopic (exact) mass is 450 g/mol. The molecule has 33 heavy (non-hydrogen) atoms. The smallest absolute Gasteiger partial charge is 0.337 e.